The zero-order chi connectivity index (χ0) is 41.0. The van der Waals surface area contributed by atoms with Gasteiger partial charge in [-0.15, -0.1) is 0 Å². The molecule has 0 spiro atoms. The molecule has 288 valence electrons. The van der Waals surface area contributed by atoms with E-state index in [-0.39, 0.29) is 0 Å². The van der Waals surface area contributed by atoms with Crippen LogP contribution in [-0.4, -0.2) is 24.9 Å². The molecule has 0 fully saturated rings. The number of nitrogens with zero attached hydrogens (tertiary/aromatic N) is 5. The number of rotatable bonds is 6. The average molecular weight is 790 g/mol. The van der Waals surface area contributed by atoms with Crippen LogP contribution in [0.5, 0.6) is 0 Å². The number of aromatic nitrogens is 5. The lowest BCUT2D eigenvalue weighted by Gasteiger charge is -2.14. The number of benzene rings is 10. The molecule has 62 heavy (non-hydrogen) atoms. The monoisotopic (exact) mass is 789 g/mol. The highest BCUT2D eigenvalue weighted by Gasteiger charge is 2.16. The van der Waals surface area contributed by atoms with Crippen LogP contribution < -0.4 is 0 Å². The van der Waals surface area contributed by atoms with E-state index in [0.717, 1.165) is 60.8 Å². The van der Waals surface area contributed by atoms with E-state index in [1.54, 1.807) is 6.33 Å². The first-order valence-electron chi connectivity index (χ1n) is 20.8. The van der Waals surface area contributed by atoms with E-state index in [4.69, 9.17) is 15.0 Å². The van der Waals surface area contributed by atoms with Gasteiger partial charge in [0.25, 0.3) is 0 Å². The smallest absolute Gasteiger partial charge is 0.164 e. The van der Waals surface area contributed by atoms with Crippen LogP contribution in [0.1, 0.15) is 0 Å². The second kappa shape index (κ2) is 14.7. The van der Waals surface area contributed by atoms with E-state index in [1.165, 1.54) is 43.1 Å². The van der Waals surface area contributed by atoms with Crippen molar-refractivity contribution in [1.29, 1.82) is 0 Å². The molecule has 0 aliphatic heterocycles. The molecule has 2 aromatic heterocycles. The Hall–Kier alpha value is -8.41. The summed E-state index contributed by atoms with van der Waals surface area (Å²) in [7, 11) is 0. The first-order valence-corrected chi connectivity index (χ1v) is 20.8. The van der Waals surface area contributed by atoms with Crippen molar-refractivity contribution in [2.45, 2.75) is 0 Å². The molecule has 2 heterocycles. The van der Waals surface area contributed by atoms with Gasteiger partial charge in [0.05, 0.1) is 0 Å². The quantitative estimate of drug-likeness (QED) is 0.157. The van der Waals surface area contributed by atoms with E-state index >= 15 is 0 Å². The van der Waals surface area contributed by atoms with Crippen molar-refractivity contribution in [2.24, 2.45) is 0 Å². The lowest BCUT2D eigenvalue weighted by atomic mass is 9.92. The van der Waals surface area contributed by atoms with Crippen LogP contribution in [0.15, 0.2) is 213 Å². The fourth-order valence-electron chi connectivity index (χ4n) is 8.68. The van der Waals surface area contributed by atoms with Gasteiger partial charge in [-0.1, -0.05) is 133 Å². The molecule has 0 saturated heterocycles. The summed E-state index contributed by atoms with van der Waals surface area (Å²) in [6.07, 6.45) is 5.18. The molecule has 5 nitrogen and oxygen atoms in total. The normalized spacial score (nSPS) is 11.5. The van der Waals surface area contributed by atoms with Gasteiger partial charge in [0, 0.05) is 34.6 Å². The minimum absolute atomic E-state index is 0.594. The summed E-state index contributed by atoms with van der Waals surface area (Å²) in [6, 6.07) is 69.5. The van der Waals surface area contributed by atoms with Gasteiger partial charge in [0.15, 0.2) is 17.5 Å². The number of hydrogen-bond acceptors (Lipinski definition) is 5. The lowest BCUT2D eigenvalue weighted by molar-refractivity contribution is 1.07. The molecular weight excluding hydrogens is 755 g/mol. The van der Waals surface area contributed by atoms with Gasteiger partial charge in [0.1, 0.15) is 6.33 Å². The zero-order valence-electron chi connectivity index (χ0n) is 33.4. The molecule has 12 rings (SSSR count). The third-order valence-electron chi connectivity index (χ3n) is 11.9. The van der Waals surface area contributed by atoms with Gasteiger partial charge in [-0.3, -0.25) is 0 Å². The van der Waals surface area contributed by atoms with Crippen molar-refractivity contribution in [2.75, 3.05) is 0 Å². The average Bonchev–Trinajstić information content (AvgIpc) is 3.34. The van der Waals surface area contributed by atoms with Crippen LogP contribution >= 0.6 is 0 Å². The Kier molecular flexibility index (Phi) is 8.42. The largest absolute Gasteiger partial charge is 0.244 e. The summed E-state index contributed by atoms with van der Waals surface area (Å²) >= 11 is 0. The van der Waals surface area contributed by atoms with Crippen LogP contribution in [0.25, 0.3) is 121 Å². The third kappa shape index (κ3) is 6.59. The summed E-state index contributed by atoms with van der Waals surface area (Å²) < 4.78 is 0. The molecule has 0 bridgehead atoms. The van der Waals surface area contributed by atoms with Crippen molar-refractivity contribution in [3.63, 3.8) is 0 Å². The first kappa shape index (κ1) is 35.5. The second-order valence-corrected chi connectivity index (χ2v) is 15.9. The predicted molar refractivity (Wildman–Crippen MR) is 256 cm³/mol. The van der Waals surface area contributed by atoms with Crippen molar-refractivity contribution < 1.29 is 0 Å². The molecule has 0 aliphatic rings. The first-order chi connectivity index (χ1) is 30.6. The van der Waals surface area contributed by atoms with Crippen molar-refractivity contribution in [3.8, 4) is 67.5 Å². The summed E-state index contributed by atoms with van der Waals surface area (Å²) in [5, 5.41) is 12.0. The minimum Gasteiger partial charge on any atom is -0.244 e. The molecule has 5 heteroatoms. The van der Waals surface area contributed by atoms with E-state index in [1.807, 2.05) is 12.4 Å². The van der Waals surface area contributed by atoms with Gasteiger partial charge in [-0.25, -0.2) is 24.9 Å². The van der Waals surface area contributed by atoms with Gasteiger partial charge >= 0.3 is 0 Å². The Morgan fingerprint density at radius 2 is 0.565 bits per heavy atom. The second-order valence-electron chi connectivity index (χ2n) is 15.9. The summed E-state index contributed by atoms with van der Waals surface area (Å²) in [6.45, 7) is 0. The van der Waals surface area contributed by atoms with Gasteiger partial charge in [-0.2, -0.15) is 0 Å². The highest BCUT2D eigenvalue weighted by molar-refractivity contribution is 6.02. The fraction of sp³-hybridized carbons (Fsp3) is 0. The number of hydrogen-bond donors (Lipinski definition) is 0. The van der Waals surface area contributed by atoms with Crippen LogP contribution in [0, 0.1) is 0 Å². The van der Waals surface area contributed by atoms with Crippen molar-refractivity contribution in [3.05, 3.63) is 213 Å². The molecular formula is C57H35N5. The van der Waals surface area contributed by atoms with Crippen molar-refractivity contribution in [1.82, 2.24) is 24.9 Å². The molecule has 0 atom stereocenters. The Morgan fingerprint density at radius 3 is 1.11 bits per heavy atom. The summed E-state index contributed by atoms with van der Waals surface area (Å²) in [4.78, 5) is 24.1. The fourth-order valence-corrected chi connectivity index (χ4v) is 8.68. The highest BCUT2D eigenvalue weighted by Crippen LogP contribution is 2.37. The molecule has 10 aromatic carbocycles. The standard InChI is InChI=1S/C57H35N5/c1-2-8-39-25-48(22-15-36(39)7-1)56-60-55(38-16-13-37(14-17-38)54-33-58-35-59-34-54)61-57(62-56)53-31-51(46-20-18-44-23-40-9-3-5-11-42(40)26-49(44)28-46)30-52(32-53)47-21-19-45-24-41-10-4-6-12-43(41)27-50(45)29-47/h1-35H. The molecule has 0 N–H and O–H groups in total. The summed E-state index contributed by atoms with van der Waals surface area (Å²) in [5.41, 5.74) is 9.06. The van der Waals surface area contributed by atoms with Crippen LogP contribution in [-0.2, 0) is 0 Å². The minimum atomic E-state index is 0.594. The van der Waals surface area contributed by atoms with Crippen LogP contribution in [0.3, 0.4) is 0 Å². The molecule has 0 radical (unpaired) electrons. The van der Waals surface area contributed by atoms with E-state index in [9.17, 15) is 0 Å². The van der Waals surface area contributed by atoms with E-state index < -0.39 is 0 Å². The van der Waals surface area contributed by atoms with E-state index in [0.29, 0.717) is 17.5 Å². The molecule has 0 saturated carbocycles. The Labute approximate surface area is 357 Å². The molecule has 0 unspecified atom stereocenters. The van der Waals surface area contributed by atoms with Gasteiger partial charge in [-0.05, 0) is 142 Å². The van der Waals surface area contributed by atoms with Crippen molar-refractivity contribution >= 4 is 53.9 Å². The SMILES string of the molecule is c1ccc2cc(-c3nc(-c4ccc(-c5cncnc5)cc4)nc(-c4cc(-c5ccc6cc7ccccc7cc6c5)cc(-c5ccc6cc7ccccc7cc6c5)c4)n3)ccc2c1. The Bertz CT molecular complexity index is 3560. The van der Waals surface area contributed by atoms with Gasteiger partial charge in [0.2, 0.25) is 0 Å². The van der Waals surface area contributed by atoms with Gasteiger partial charge < -0.3 is 0 Å². The lowest BCUT2D eigenvalue weighted by Crippen LogP contribution is -2.01. The third-order valence-corrected chi connectivity index (χ3v) is 11.9. The highest BCUT2D eigenvalue weighted by atomic mass is 15.0. The maximum absolute atomic E-state index is 5.27. The maximum Gasteiger partial charge on any atom is 0.164 e. The van der Waals surface area contributed by atoms with Crippen LogP contribution in [0.4, 0.5) is 0 Å². The topological polar surface area (TPSA) is 64.5 Å². The zero-order valence-corrected chi connectivity index (χ0v) is 33.4. The molecule has 0 amide bonds. The van der Waals surface area contributed by atoms with E-state index in [2.05, 4.69) is 204 Å². The number of fused-ring (bicyclic) bond motifs is 5. The molecule has 12 aromatic rings. The summed E-state index contributed by atoms with van der Waals surface area (Å²) in [5.74, 6) is 1.80. The Morgan fingerprint density at radius 1 is 0.210 bits per heavy atom. The molecule has 0 aliphatic carbocycles. The maximum atomic E-state index is 5.27. The van der Waals surface area contributed by atoms with Crippen LogP contribution in [0.2, 0.25) is 0 Å². The Balaban J connectivity index is 1.06. The predicted octanol–water partition coefficient (Wildman–Crippen LogP) is 14.4.